The molecule has 2 aromatic carbocycles. The molecule has 26 heavy (non-hydrogen) atoms. The quantitative estimate of drug-likeness (QED) is 0.367. The smallest absolute Gasteiger partial charge is 0.291 e. The van der Waals surface area contributed by atoms with E-state index in [1.165, 1.54) is 22.7 Å². The van der Waals surface area contributed by atoms with E-state index in [9.17, 15) is 4.79 Å². The van der Waals surface area contributed by atoms with Crippen molar-refractivity contribution in [2.24, 2.45) is 4.99 Å². The maximum atomic E-state index is 12.8. The van der Waals surface area contributed by atoms with Crippen LogP contribution in [-0.4, -0.2) is 10.5 Å². The number of carbonyl (C=O) groups is 1. The number of aromatic nitrogens is 1. The molecule has 0 bridgehead atoms. The van der Waals surface area contributed by atoms with Crippen LogP contribution in [0.3, 0.4) is 0 Å². The number of fused-ring (bicyclic) bond motifs is 2. The van der Waals surface area contributed by atoms with Crippen LogP contribution < -0.4 is 4.80 Å². The molecule has 0 aliphatic heterocycles. The van der Waals surface area contributed by atoms with Crippen LogP contribution in [0.25, 0.3) is 20.3 Å². The SMILES string of the molecule is C=CCn1c(=NC(=O)c2sc3ccccc3c2Cl)sc2cccc(Cl)c21. The van der Waals surface area contributed by atoms with E-state index < -0.39 is 0 Å². The number of hydrogen-bond acceptors (Lipinski definition) is 3. The molecular formula is C19H12Cl2N2OS2. The number of thiophene rings is 1. The number of carbonyl (C=O) groups excluding carboxylic acids is 1. The van der Waals surface area contributed by atoms with Crippen LogP contribution in [0.5, 0.6) is 0 Å². The van der Waals surface area contributed by atoms with E-state index in [1.54, 1.807) is 6.08 Å². The molecule has 0 N–H and O–H groups in total. The molecule has 2 heterocycles. The van der Waals surface area contributed by atoms with E-state index in [0.717, 1.165) is 20.3 Å². The molecule has 130 valence electrons. The van der Waals surface area contributed by atoms with Gasteiger partial charge < -0.3 is 4.57 Å². The number of amides is 1. The number of para-hydroxylation sites is 1. The summed E-state index contributed by atoms with van der Waals surface area (Å²) in [5.74, 6) is -0.350. The molecule has 1 amide bonds. The highest BCUT2D eigenvalue weighted by molar-refractivity contribution is 7.21. The Morgan fingerprint density at radius 1 is 1.12 bits per heavy atom. The Kier molecular flexibility index (Phi) is 4.71. The van der Waals surface area contributed by atoms with Crippen molar-refractivity contribution in [2.75, 3.05) is 0 Å². The number of rotatable bonds is 3. The zero-order chi connectivity index (χ0) is 18.3. The van der Waals surface area contributed by atoms with Gasteiger partial charge in [0.2, 0.25) is 0 Å². The molecule has 0 saturated heterocycles. The summed E-state index contributed by atoms with van der Waals surface area (Å²) in [7, 11) is 0. The van der Waals surface area contributed by atoms with Crippen molar-refractivity contribution in [1.82, 2.24) is 4.57 Å². The minimum Gasteiger partial charge on any atom is -0.311 e. The lowest BCUT2D eigenvalue weighted by Gasteiger charge is -2.02. The van der Waals surface area contributed by atoms with E-state index in [-0.39, 0.29) is 5.91 Å². The Bertz CT molecular complexity index is 1230. The third-order valence-corrected chi connectivity index (χ3v) is 6.90. The summed E-state index contributed by atoms with van der Waals surface area (Å²) in [5.41, 5.74) is 0.855. The standard InChI is InChI=1S/C19H12Cl2N2OS2/c1-2-10-23-16-12(20)7-5-9-14(16)26-19(23)22-18(24)17-15(21)11-6-3-4-8-13(11)25-17/h2-9H,1,10H2. The summed E-state index contributed by atoms with van der Waals surface area (Å²) in [5, 5.41) is 1.94. The zero-order valence-electron chi connectivity index (χ0n) is 13.4. The normalized spacial score (nSPS) is 12.2. The summed E-state index contributed by atoms with van der Waals surface area (Å²) in [6, 6.07) is 13.3. The maximum Gasteiger partial charge on any atom is 0.291 e. The third-order valence-electron chi connectivity index (χ3n) is 3.89. The number of allylic oxidation sites excluding steroid dienone is 1. The van der Waals surface area contributed by atoms with Crippen molar-refractivity contribution >= 4 is 72.1 Å². The molecule has 0 aliphatic carbocycles. The highest BCUT2D eigenvalue weighted by atomic mass is 35.5. The van der Waals surface area contributed by atoms with Crippen molar-refractivity contribution in [3.63, 3.8) is 0 Å². The molecule has 4 rings (SSSR count). The van der Waals surface area contributed by atoms with Crippen LogP contribution in [-0.2, 0) is 6.54 Å². The molecule has 0 saturated carbocycles. The minimum atomic E-state index is -0.350. The Hall–Kier alpha value is -1.92. The van der Waals surface area contributed by atoms with Gasteiger partial charge in [0.05, 0.1) is 20.3 Å². The molecule has 0 aliphatic rings. The van der Waals surface area contributed by atoms with Crippen LogP contribution in [0, 0.1) is 0 Å². The lowest BCUT2D eigenvalue weighted by molar-refractivity contribution is 0.100. The van der Waals surface area contributed by atoms with Gasteiger partial charge in [-0.05, 0) is 18.2 Å². The van der Waals surface area contributed by atoms with Gasteiger partial charge in [-0.25, -0.2) is 0 Å². The third kappa shape index (κ3) is 2.91. The van der Waals surface area contributed by atoms with Gasteiger partial charge in [-0.3, -0.25) is 4.79 Å². The molecule has 0 unspecified atom stereocenters. The molecule has 3 nitrogen and oxygen atoms in total. The lowest BCUT2D eigenvalue weighted by Crippen LogP contribution is -2.16. The Labute approximate surface area is 167 Å². The molecule has 7 heteroatoms. The van der Waals surface area contributed by atoms with Gasteiger partial charge in [0.15, 0.2) is 4.80 Å². The van der Waals surface area contributed by atoms with Gasteiger partial charge >= 0.3 is 0 Å². The second-order valence-electron chi connectivity index (χ2n) is 5.53. The number of nitrogens with zero attached hydrogens (tertiary/aromatic N) is 2. The predicted molar refractivity (Wildman–Crippen MR) is 112 cm³/mol. The molecule has 0 fully saturated rings. The zero-order valence-corrected chi connectivity index (χ0v) is 16.6. The second-order valence-corrected chi connectivity index (χ2v) is 8.38. The molecule has 4 aromatic rings. The lowest BCUT2D eigenvalue weighted by atomic mass is 10.2. The van der Waals surface area contributed by atoms with Crippen LogP contribution in [0.1, 0.15) is 9.67 Å². The fourth-order valence-corrected chi connectivity index (χ4v) is 5.55. The molecular weight excluding hydrogens is 407 g/mol. The Balaban J connectivity index is 1.91. The summed E-state index contributed by atoms with van der Waals surface area (Å²) in [4.78, 5) is 18.2. The topological polar surface area (TPSA) is 34.4 Å². The Morgan fingerprint density at radius 3 is 2.65 bits per heavy atom. The fourth-order valence-electron chi connectivity index (χ4n) is 2.76. The second kappa shape index (κ2) is 7.00. The van der Waals surface area contributed by atoms with Crippen molar-refractivity contribution in [2.45, 2.75) is 6.54 Å². The number of hydrogen-bond donors (Lipinski definition) is 0. The summed E-state index contributed by atoms with van der Waals surface area (Å²) >= 11 is 15.5. The van der Waals surface area contributed by atoms with E-state index >= 15 is 0 Å². The fraction of sp³-hybridized carbons (Fsp3) is 0.0526. The number of thiazole rings is 1. The Morgan fingerprint density at radius 2 is 1.88 bits per heavy atom. The number of benzene rings is 2. The van der Waals surface area contributed by atoms with Crippen LogP contribution >= 0.6 is 45.9 Å². The molecule has 2 aromatic heterocycles. The van der Waals surface area contributed by atoms with Gasteiger partial charge in [-0.1, -0.05) is 64.9 Å². The highest BCUT2D eigenvalue weighted by Crippen LogP contribution is 2.35. The molecule has 0 atom stereocenters. The molecule has 0 radical (unpaired) electrons. The van der Waals surface area contributed by atoms with E-state index in [4.69, 9.17) is 23.2 Å². The van der Waals surface area contributed by atoms with Gasteiger partial charge in [-0.15, -0.1) is 17.9 Å². The first kappa shape index (κ1) is 17.5. The number of halogens is 2. The monoisotopic (exact) mass is 418 g/mol. The van der Waals surface area contributed by atoms with Crippen molar-refractivity contribution < 1.29 is 4.79 Å². The van der Waals surface area contributed by atoms with E-state index in [2.05, 4.69) is 11.6 Å². The van der Waals surface area contributed by atoms with Gasteiger partial charge in [0.25, 0.3) is 5.91 Å². The minimum absolute atomic E-state index is 0.350. The average Bonchev–Trinajstić information content (AvgIpc) is 3.15. The van der Waals surface area contributed by atoms with Gasteiger partial charge in [0.1, 0.15) is 4.88 Å². The van der Waals surface area contributed by atoms with Crippen LogP contribution in [0.2, 0.25) is 10.0 Å². The van der Waals surface area contributed by atoms with Crippen LogP contribution in [0.4, 0.5) is 0 Å². The van der Waals surface area contributed by atoms with Gasteiger partial charge in [-0.2, -0.15) is 4.99 Å². The maximum absolute atomic E-state index is 12.8. The summed E-state index contributed by atoms with van der Waals surface area (Å²) < 4.78 is 3.83. The summed E-state index contributed by atoms with van der Waals surface area (Å²) in [6.07, 6.45) is 1.76. The first-order valence-electron chi connectivity index (χ1n) is 7.75. The van der Waals surface area contributed by atoms with E-state index in [1.807, 2.05) is 47.0 Å². The highest BCUT2D eigenvalue weighted by Gasteiger charge is 2.17. The average molecular weight is 419 g/mol. The predicted octanol–water partition coefficient (Wildman–Crippen LogP) is 6.15. The van der Waals surface area contributed by atoms with Crippen molar-refractivity contribution in [1.29, 1.82) is 0 Å². The molecule has 0 spiro atoms. The van der Waals surface area contributed by atoms with Gasteiger partial charge in [0, 0.05) is 16.6 Å². The summed E-state index contributed by atoms with van der Waals surface area (Å²) in [6.45, 7) is 4.30. The first-order chi connectivity index (χ1) is 12.6. The van der Waals surface area contributed by atoms with Crippen molar-refractivity contribution in [3.8, 4) is 0 Å². The van der Waals surface area contributed by atoms with E-state index in [0.29, 0.717) is 26.3 Å². The van der Waals surface area contributed by atoms with Crippen LogP contribution in [0.15, 0.2) is 60.1 Å². The largest absolute Gasteiger partial charge is 0.311 e. The first-order valence-corrected chi connectivity index (χ1v) is 10.1. The van der Waals surface area contributed by atoms with Crippen molar-refractivity contribution in [3.05, 3.63) is 74.8 Å².